The van der Waals surface area contributed by atoms with Gasteiger partial charge in [0, 0.05) is 31.3 Å². The Morgan fingerprint density at radius 3 is 2.47 bits per heavy atom. The zero-order valence-electron chi connectivity index (χ0n) is 10.7. The van der Waals surface area contributed by atoms with Gasteiger partial charge in [-0.2, -0.15) is 0 Å². The van der Waals surface area contributed by atoms with Crippen LogP contribution in [0.3, 0.4) is 0 Å². The molecule has 0 aliphatic rings. The lowest BCUT2D eigenvalue weighted by Crippen LogP contribution is -2.17. The van der Waals surface area contributed by atoms with Crippen LogP contribution < -0.4 is 10.6 Å². The largest absolute Gasteiger partial charge is 0.373 e. The molecule has 0 unspecified atom stereocenters. The van der Waals surface area contributed by atoms with Crippen molar-refractivity contribution in [2.24, 2.45) is 0 Å². The van der Waals surface area contributed by atoms with E-state index in [1.165, 1.54) is 7.05 Å². The van der Waals surface area contributed by atoms with Gasteiger partial charge in [0.15, 0.2) is 0 Å². The predicted molar refractivity (Wildman–Crippen MR) is 71.2 cm³/mol. The molecule has 0 fully saturated rings. The monoisotopic (exact) mass is 258 g/mol. The normalized spacial score (nSPS) is 10.0. The van der Waals surface area contributed by atoms with Crippen LogP contribution in [-0.2, 0) is 0 Å². The second kappa shape index (κ2) is 5.34. The Balaban J connectivity index is 2.25. The molecule has 6 nitrogen and oxygen atoms in total. The van der Waals surface area contributed by atoms with E-state index in [4.69, 9.17) is 9.93 Å². The fourth-order valence-electron chi connectivity index (χ4n) is 1.59. The van der Waals surface area contributed by atoms with Crippen LogP contribution >= 0.6 is 0 Å². The first-order valence-electron chi connectivity index (χ1n) is 5.71. The average Bonchev–Trinajstić information content (AvgIpc) is 2.95. The molecule has 19 heavy (non-hydrogen) atoms. The SMILES string of the molecule is CNC(=N)c1ccc(-c2cc(C(=O)NC)on2)cc1. The first kappa shape index (κ1) is 12.8. The summed E-state index contributed by atoms with van der Waals surface area (Å²) >= 11 is 0. The Morgan fingerprint density at radius 1 is 1.21 bits per heavy atom. The molecule has 6 heteroatoms. The molecule has 0 atom stereocenters. The van der Waals surface area contributed by atoms with Gasteiger partial charge in [0.25, 0.3) is 5.91 Å². The number of carbonyl (C=O) groups is 1. The van der Waals surface area contributed by atoms with E-state index in [9.17, 15) is 4.79 Å². The molecule has 1 aromatic heterocycles. The van der Waals surface area contributed by atoms with Crippen LogP contribution in [0.5, 0.6) is 0 Å². The molecule has 98 valence electrons. The van der Waals surface area contributed by atoms with E-state index < -0.39 is 0 Å². The quantitative estimate of drug-likeness (QED) is 0.570. The van der Waals surface area contributed by atoms with E-state index in [2.05, 4.69) is 15.8 Å². The van der Waals surface area contributed by atoms with Gasteiger partial charge >= 0.3 is 0 Å². The number of amides is 1. The minimum atomic E-state index is -0.313. The minimum Gasteiger partial charge on any atom is -0.373 e. The summed E-state index contributed by atoms with van der Waals surface area (Å²) in [6.45, 7) is 0. The van der Waals surface area contributed by atoms with E-state index >= 15 is 0 Å². The highest BCUT2D eigenvalue weighted by molar-refractivity contribution is 5.96. The van der Waals surface area contributed by atoms with Crippen molar-refractivity contribution in [3.05, 3.63) is 41.7 Å². The van der Waals surface area contributed by atoms with E-state index in [0.29, 0.717) is 11.5 Å². The van der Waals surface area contributed by atoms with Crippen molar-refractivity contribution in [3.8, 4) is 11.3 Å². The number of aromatic nitrogens is 1. The number of nitrogens with one attached hydrogen (secondary N) is 3. The van der Waals surface area contributed by atoms with Crippen LogP contribution in [0.2, 0.25) is 0 Å². The number of nitrogens with zero attached hydrogens (tertiary/aromatic N) is 1. The fraction of sp³-hybridized carbons (Fsp3) is 0.154. The number of carbonyl (C=O) groups excluding carboxylic acids is 1. The van der Waals surface area contributed by atoms with E-state index in [1.807, 2.05) is 24.3 Å². The second-order valence-electron chi connectivity index (χ2n) is 3.86. The summed E-state index contributed by atoms with van der Waals surface area (Å²) in [4.78, 5) is 11.4. The van der Waals surface area contributed by atoms with Crippen molar-refractivity contribution in [3.63, 3.8) is 0 Å². The molecule has 2 aromatic rings. The maximum atomic E-state index is 11.4. The molecule has 0 aliphatic heterocycles. The van der Waals surface area contributed by atoms with E-state index in [0.717, 1.165) is 11.1 Å². The molecule has 0 saturated carbocycles. The Morgan fingerprint density at radius 2 is 1.89 bits per heavy atom. The average molecular weight is 258 g/mol. The van der Waals surface area contributed by atoms with Crippen LogP contribution in [0.4, 0.5) is 0 Å². The van der Waals surface area contributed by atoms with Crippen molar-refractivity contribution >= 4 is 11.7 Å². The van der Waals surface area contributed by atoms with Crippen molar-refractivity contribution in [1.82, 2.24) is 15.8 Å². The smallest absolute Gasteiger partial charge is 0.289 e. The number of rotatable bonds is 3. The van der Waals surface area contributed by atoms with Crippen LogP contribution in [0.1, 0.15) is 16.1 Å². The number of hydrogen-bond donors (Lipinski definition) is 3. The van der Waals surface area contributed by atoms with E-state index in [-0.39, 0.29) is 11.7 Å². The Labute approximate surface area is 110 Å². The van der Waals surface area contributed by atoms with Gasteiger partial charge in [-0.1, -0.05) is 29.4 Å². The molecular formula is C13H14N4O2. The van der Waals surface area contributed by atoms with Gasteiger partial charge in [-0.15, -0.1) is 0 Å². The summed E-state index contributed by atoms with van der Waals surface area (Å²) in [5, 5.41) is 16.7. The molecule has 1 amide bonds. The zero-order chi connectivity index (χ0) is 13.8. The summed E-state index contributed by atoms with van der Waals surface area (Å²) in [6, 6.07) is 8.85. The molecule has 1 aromatic carbocycles. The van der Waals surface area contributed by atoms with Crippen molar-refractivity contribution in [1.29, 1.82) is 5.41 Å². The number of benzene rings is 1. The van der Waals surface area contributed by atoms with Crippen LogP contribution in [0.25, 0.3) is 11.3 Å². The van der Waals surface area contributed by atoms with Crippen molar-refractivity contribution in [2.45, 2.75) is 0 Å². The van der Waals surface area contributed by atoms with Gasteiger partial charge in [0.1, 0.15) is 11.5 Å². The fourth-order valence-corrected chi connectivity index (χ4v) is 1.59. The minimum absolute atomic E-state index is 0.171. The lowest BCUT2D eigenvalue weighted by molar-refractivity contribution is 0.0926. The molecule has 0 saturated heterocycles. The highest BCUT2D eigenvalue weighted by Crippen LogP contribution is 2.19. The molecule has 2 rings (SSSR count). The third kappa shape index (κ3) is 2.62. The Bertz CT molecular complexity index is 601. The predicted octanol–water partition coefficient (Wildman–Crippen LogP) is 1.25. The number of hydrogen-bond acceptors (Lipinski definition) is 4. The third-order valence-corrected chi connectivity index (χ3v) is 2.68. The molecule has 0 spiro atoms. The van der Waals surface area contributed by atoms with Gasteiger partial charge in [-0.3, -0.25) is 10.2 Å². The summed E-state index contributed by atoms with van der Waals surface area (Å²) in [5.74, 6) is 0.203. The first-order chi connectivity index (χ1) is 9.15. The van der Waals surface area contributed by atoms with E-state index in [1.54, 1.807) is 13.1 Å². The van der Waals surface area contributed by atoms with Crippen LogP contribution in [-0.4, -0.2) is 31.0 Å². The highest BCUT2D eigenvalue weighted by atomic mass is 16.5. The maximum absolute atomic E-state index is 11.4. The molecule has 1 heterocycles. The molecular weight excluding hydrogens is 244 g/mol. The standard InChI is InChI=1S/C13H14N4O2/c1-15-12(14)9-5-3-8(4-6-9)10-7-11(19-17-10)13(18)16-2/h3-7H,1-2H3,(H2,14,15)(H,16,18). The van der Waals surface area contributed by atoms with Gasteiger partial charge in [0.2, 0.25) is 5.76 Å². The van der Waals surface area contributed by atoms with Crippen LogP contribution in [0.15, 0.2) is 34.9 Å². The Hall–Kier alpha value is -2.63. The van der Waals surface area contributed by atoms with Gasteiger partial charge < -0.3 is 15.2 Å². The summed E-state index contributed by atoms with van der Waals surface area (Å²) < 4.78 is 4.95. The second-order valence-corrected chi connectivity index (χ2v) is 3.86. The van der Waals surface area contributed by atoms with Gasteiger partial charge in [0.05, 0.1) is 0 Å². The lowest BCUT2D eigenvalue weighted by Gasteiger charge is -2.03. The molecule has 3 N–H and O–H groups in total. The molecule has 0 radical (unpaired) electrons. The highest BCUT2D eigenvalue weighted by Gasteiger charge is 2.12. The van der Waals surface area contributed by atoms with Crippen molar-refractivity contribution < 1.29 is 9.32 Å². The zero-order valence-corrected chi connectivity index (χ0v) is 10.7. The summed E-state index contributed by atoms with van der Waals surface area (Å²) in [6.07, 6.45) is 0. The number of amidine groups is 1. The molecule has 0 bridgehead atoms. The van der Waals surface area contributed by atoms with Gasteiger partial charge in [-0.25, -0.2) is 0 Å². The third-order valence-electron chi connectivity index (χ3n) is 2.68. The first-order valence-corrected chi connectivity index (χ1v) is 5.71. The maximum Gasteiger partial charge on any atom is 0.289 e. The topological polar surface area (TPSA) is 91.0 Å². The van der Waals surface area contributed by atoms with Crippen molar-refractivity contribution in [2.75, 3.05) is 14.1 Å². The lowest BCUT2D eigenvalue weighted by atomic mass is 10.1. The molecule has 0 aliphatic carbocycles. The van der Waals surface area contributed by atoms with Gasteiger partial charge in [-0.05, 0) is 0 Å². The summed E-state index contributed by atoms with van der Waals surface area (Å²) in [7, 11) is 3.23. The Kier molecular flexibility index (Phi) is 3.61. The van der Waals surface area contributed by atoms with Crippen LogP contribution in [0, 0.1) is 5.41 Å². The summed E-state index contributed by atoms with van der Waals surface area (Å²) in [5.41, 5.74) is 2.19.